The van der Waals surface area contributed by atoms with Crippen LogP contribution in [0.1, 0.15) is 25.1 Å². The molecule has 0 bridgehead atoms. The van der Waals surface area contributed by atoms with Crippen LogP contribution in [0.2, 0.25) is 0 Å². The van der Waals surface area contributed by atoms with Gasteiger partial charge in [0.1, 0.15) is 11.5 Å². The minimum atomic E-state index is -4.51. The van der Waals surface area contributed by atoms with E-state index in [0.717, 1.165) is 6.20 Å². The van der Waals surface area contributed by atoms with Gasteiger partial charge in [-0.15, -0.1) is 0 Å². The lowest BCUT2D eigenvalue weighted by atomic mass is 10.2. The zero-order valence-electron chi connectivity index (χ0n) is 14.1. The maximum atomic E-state index is 13.1. The third-order valence-electron chi connectivity index (χ3n) is 3.40. The maximum absolute atomic E-state index is 13.1. The van der Waals surface area contributed by atoms with Crippen LogP contribution in [0.25, 0.3) is 11.0 Å². The Balaban J connectivity index is 1.94. The van der Waals surface area contributed by atoms with Crippen LogP contribution in [0.4, 0.5) is 19.0 Å². The van der Waals surface area contributed by atoms with Gasteiger partial charge in [-0.05, 0) is 18.2 Å². The number of nitrogens with zero attached hydrogens (tertiary/aromatic N) is 4. The third kappa shape index (κ3) is 4.21. The first kappa shape index (κ1) is 18.4. The summed E-state index contributed by atoms with van der Waals surface area (Å²) in [5.41, 5.74) is -0.357. The highest BCUT2D eigenvalue weighted by Gasteiger charge is 2.34. The molecule has 0 aliphatic heterocycles. The summed E-state index contributed by atoms with van der Waals surface area (Å²) >= 11 is 1.46. The molecule has 0 amide bonds. The molecule has 3 heterocycles. The minimum absolute atomic E-state index is 0.0497. The Kier molecular flexibility index (Phi) is 5.26. The summed E-state index contributed by atoms with van der Waals surface area (Å²) < 4.78 is 39.3. The van der Waals surface area contributed by atoms with Crippen molar-refractivity contribution in [2.24, 2.45) is 0 Å². The second kappa shape index (κ2) is 7.45. The SMILES string of the molecule is CC(C)Sc1nc(NCc2cccnc2C(F)(F)F)c2cccnc2n1. The van der Waals surface area contributed by atoms with E-state index in [1.807, 2.05) is 13.8 Å². The van der Waals surface area contributed by atoms with E-state index in [1.54, 1.807) is 18.3 Å². The number of aromatic nitrogens is 4. The molecule has 26 heavy (non-hydrogen) atoms. The van der Waals surface area contributed by atoms with Crippen molar-refractivity contribution in [3.8, 4) is 0 Å². The molecular weight excluding hydrogens is 363 g/mol. The standard InChI is InChI=1S/C17H16F3N5S/c1-10(2)26-16-24-14-12(6-4-8-22-14)15(25-16)23-9-11-5-3-7-21-13(11)17(18,19)20/h3-8,10H,9H2,1-2H3,(H,22,23,24,25). The number of halogens is 3. The van der Waals surface area contributed by atoms with Crippen molar-refractivity contribution in [2.45, 2.75) is 37.0 Å². The Labute approximate surface area is 152 Å². The van der Waals surface area contributed by atoms with Crippen LogP contribution in [0.5, 0.6) is 0 Å². The fourth-order valence-corrected chi connectivity index (χ4v) is 3.06. The molecule has 0 aromatic carbocycles. The van der Waals surface area contributed by atoms with Gasteiger partial charge in [-0.3, -0.25) is 4.98 Å². The molecule has 5 nitrogen and oxygen atoms in total. The van der Waals surface area contributed by atoms with Crippen molar-refractivity contribution < 1.29 is 13.2 Å². The molecule has 0 aliphatic carbocycles. The lowest BCUT2D eigenvalue weighted by molar-refractivity contribution is -0.141. The zero-order valence-corrected chi connectivity index (χ0v) is 14.9. The number of hydrogen-bond donors (Lipinski definition) is 1. The summed E-state index contributed by atoms with van der Waals surface area (Å²) in [7, 11) is 0. The molecule has 9 heteroatoms. The largest absolute Gasteiger partial charge is 0.433 e. The quantitative estimate of drug-likeness (QED) is 0.518. The van der Waals surface area contributed by atoms with Crippen LogP contribution in [0.3, 0.4) is 0 Å². The number of pyridine rings is 2. The van der Waals surface area contributed by atoms with Crippen molar-refractivity contribution >= 4 is 28.6 Å². The highest BCUT2D eigenvalue weighted by Crippen LogP contribution is 2.31. The molecule has 0 aliphatic rings. The van der Waals surface area contributed by atoms with E-state index in [1.165, 1.54) is 23.9 Å². The Hall–Kier alpha value is -2.42. The molecule has 0 fully saturated rings. The highest BCUT2D eigenvalue weighted by molar-refractivity contribution is 7.99. The Morgan fingerprint density at radius 3 is 2.54 bits per heavy atom. The van der Waals surface area contributed by atoms with Crippen LogP contribution >= 0.6 is 11.8 Å². The van der Waals surface area contributed by atoms with E-state index in [9.17, 15) is 13.2 Å². The predicted octanol–water partition coefficient (Wildman–Crippen LogP) is 4.55. The van der Waals surface area contributed by atoms with E-state index in [-0.39, 0.29) is 17.4 Å². The average Bonchev–Trinajstić information content (AvgIpc) is 2.58. The van der Waals surface area contributed by atoms with Crippen LogP contribution in [0.15, 0.2) is 41.8 Å². The second-order valence-corrected chi connectivity index (χ2v) is 7.30. The number of hydrogen-bond acceptors (Lipinski definition) is 6. The Bertz CT molecular complexity index is 914. The first-order chi connectivity index (χ1) is 12.3. The molecule has 1 N–H and O–H groups in total. The average molecular weight is 379 g/mol. The number of thioether (sulfide) groups is 1. The molecule has 136 valence electrons. The smallest absolute Gasteiger partial charge is 0.365 e. The Morgan fingerprint density at radius 1 is 1.08 bits per heavy atom. The van der Waals surface area contributed by atoms with E-state index in [2.05, 4.69) is 25.3 Å². The summed E-state index contributed by atoms with van der Waals surface area (Å²) in [6.07, 6.45) is -1.76. The van der Waals surface area contributed by atoms with Crippen molar-refractivity contribution in [3.63, 3.8) is 0 Å². The third-order valence-corrected chi connectivity index (χ3v) is 4.26. The van der Waals surface area contributed by atoms with E-state index < -0.39 is 11.9 Å². The first-order valence-electron chi connectivity index (χ1n) is 7.89. The van der Waals surface area contributed by atoms with E-state index in [4.69, 9.17) is 0 Å². The fourth-order valence-electron chi connectivity index (χ4n) is 2.36. The number of alkyl halides is 3. The van der Waals surface area contributed by atoms with Crippen molar-refractivity contribution in [1.29, 1.82) is 0 Å². The molecule has 3 aromatic rings. The van der Waals surface area contributed by atoms with Gasteiger partial charge in [-0.1, -0.05) is 31.7 Å². The van der Waals surface area contributed by atoms with Crippen LogP contribution in [-0.2, 0) is 12.7 Å². The van der Waals surface area contributed by atoms with Gasteiger partial charge in [-0.2, -0.15) is 13.2 Å². The molecule has 0 unspecified atom stereocenters. The first-order valence-corrected chi connectivity index (χ1v) is 8.77. The molecule has 0 atom stereocenters. The topological polar surface area (TPSA) is 63.6 Å². The van der Waals surface area contributed by atoms with Gasteiger partial charge in [0.25, 0.3) is 0 Å². The van der Waals surface area contributed by atoms with Gasteiger partial charge >= 0.3 is 6.18 Å². The molecular formula is C17H16F3N5S. The number of fused-ring (bicyclic) bond motifs is 1. The fraction of sp³-hybridized carbons (Fsp3) is 0.294. The normalized spacial score (nSPS) is 11.9. The molecule has 0 saturated carbocycles. The second-order valence-electron chi connectivity index (χ2n) is 5.76. The zero-order chi connectivity index (χ0) is 18.7. The monoisotopic (exact) mass is 379 g/mol. The molecule has 3 rings (SSSR count). The van der Waals surface area contributed by atoms with Gasteiger partial charge < -0.3 is 5.32 Å². The van der Waals surface area contributed by atoms with Crippen LogP contribution in [0, 0.1) is 0 Å². The molecule has 3 aromatic heterocycles. The van der Waals surface area contributed by atoms with Crippen LogP contribution in [-0.4, -0.2) is 25.2 Å². The van der Waals surface area contributed by atoms with Gasteiger partial charge in [0, 0.05) is 29.8 Å². The minimum Gasteiger partial charge on any atom is -0.365 e. The summed E-state index contributed by atoms with van der Waals surface area (Å²) in [5, 5.41) is 4.42. The van der Waals surface area contributed by atoms with E-state index in [0.29, 0.717) is 22.0 Å². The number of nitrogens with one attached hydrogen (secondary N) is 1. The summed E-state index contributed by atoms with van der Waals surface area (Å²) in [4.78, 5) is 16.5. The lowest BCUT2D eigenvalue weighted by Gasteiger charge is -2.14. The molecule has 0 radical (unpaired) electrons. The van der Waals surface area contributed by atoms with Crippen molar-refractivity contribution in [3.05, 3.63) is 47.9 Å². The molecule has 0 spiro atoms. The van der Waals surface area contributed by atoms with Gasteiger partial charge in [0.05, 0.1) is 5.39 Å². The van der Waals surface area contributed by atoms with Crippen LogP contribution < -0.4 is 5.32 Å². The summed E-state index contributed by atoms with van der Waals surface area (Å²) in [6, 6.07) is 6.39. The number of rotatable bonds is 5. The molecule has 0 saturated heterocycles. The maximum Gasteiger partial charge on any atom is 0.433 e. The number of anilines is 1. The van der Waals surface area contributed by atoms with Gasteiger partial charge in [0.15, 0.2) is 10.8 Å². The van der Waals surface area contributed by atoms with E-state index >= 15 is 0 Å². The summed E-state index contributed by atoms with van der Waals surface area (Å²) in [6.45, 7) is 3.96. The van der Waals surface area contributed by atoms with Crippen molar-refractivity contribution in [2.75, 3.05) is 5.32 Å². The Morgan fingerprint density at radius 2 is 1.81 bits per heavy atom. The highest BCUT2D eigenvalue weighted by atomic mass is 32.2. The van der Waals surface area contributed by atoms with Gasteiger partial charge in [0.2, 0.25) is 0 Å². The van der Waals surface area contributed by atoms with Crippen molar-refractivity contribution in [1.82, 2.24) is 19.9 Å². The summed E-state index contributed by atoms with van der Waals surface area (Å²) in [5.74, 6) is 0.447. The lowest BCUT2D eigenvalue weighted by Crippen LogP contribution is -2.14. The van der Waals surface area contributed by atoms with Gasteiger partial charge in [-0.25, -0.2) is 15.0 Å². The predicted molar refractivity (Wildman–Crippen MR) is 94.9 cm³/mol.